The summed E-state index contributed by atoms with van der Waals surface area (Å²) in [7, 11) is 0. The molecule has 2 atom stereocenters. The SMILES string of the molecule is C=C1/C=C\C=C/C(C)C2=CC=CCC2c2nc3ccccc3n21. The van der Waals surface area contributed by atoms with Crippen LogP contribution in [0.5, 0.6) is 0 Å². The number of rotatable bonds is 0. The highest BCUT2D eigenvalue weighted by Gasteiger charge is 2.27. The lowest BCUT2D eigenvalue weighted by atomic mass is 9.82. The zero-order valence-electron chi connectivity index (χ0n) is 13.3. The van der Waals surface area contributed by atoms with Gasteiger partial charge >= 0.3 is 0 Å². The van der Waals surface area contributed by atoms with E-state index in [1.165, 1.54) is 5.57 Å². The first-order valence-electron chi connectivity index (χ1n) is 8.14. The fraction of sp³-hybridized carbons (Fsp3) is 0.190. The van der Waals surface area contributed by atoms with Crippen LogP contribution in [0.15, 0.2) is 78.9 Å². The second kappa shape index (κ2) is 5.54. The minimum atomic E-state index is 0.301. The number of imidazole rings is 1. The molecule has 2 aromatic rings. The van der Waals surface area contributed by atoms with Gasteiger partial charge in [0.2, 0.25) is 0 Å². The van der Waals surface area contributed by atoms with Gasteiger partial charge < -0.3 is 0 Å². The lowest BCUT2D eigenvalue weighted by Gasteiger charge is -2.26. The summed E-state index contributed by atoms with van der Waals surface area (Å²) in [4.78, 5) is 4.97. The van der Waals surface area contributed by atoms with E-state index in [1.54, 1.807) is 0 Å². The van der Waals surface area contributed by atoms with Gasteiger partial charge in [-0.25, -0.2) is 4.98 Å². The molecule has 0 N–H and O–H groups in total. The fourth-order valence-corrected chi connectivity index (χ4v) is 3.53. The molecule has 0 saturated carbocycles. The van der Waals surface area contributed by atoms with E-state index in [2.05, 4.69) is 78.8 Å². The number of fused-ring (bicyclic) bond motifs is 5. The smallest absolute Gasteiger partial charge is 0.122 e. The molecule has 2 heterocycles. The summed E-state index contributed by atoms with van der Waals surface area (Å²) in [5.41, 5.74) is 4.54. The van der Waals surface area contributed by atoms with E-state index in [-0.39, 0.29) is 0 Å². The normalized spacial score (nSPS) is 26.3. The number of hydrogen-bond donors (Lipinski definition) is 0. The number of aromatic nitrogens is 2. The maximum atomic E-state index is 4.97. The molecule has 2 heteroatoms. The first-order valence-corrected chi connectivity index (χ1v) is 8.14. The predicted molar refractivity (Wildman–Crippen MR) is 97.1 cm³/mol. The summed E-state index contributed by atoms with van der Waals surface area (Å²) < 4.78 is 2.22. The Morgan fingerprint density at radius 2 is 2.04 bits per heavy atom. The Labute approximate surface area is 136 Å². The molecular formula is C21H20N2. The summed E-state index contributed by atoms with van der Waals surface area (Å²) in [6.45, 7) is 6.53. The topological polar surface area (TPSA) is 17.8 Å². The predicted octanol–water partition coefficient (Wildman–Crippen LogP) is 5.24. The summed E-state index contributed by atoms with van der Waals surface area (Å²) >= 11 is 0. The van der Waals surface area contributed by atoms with E-state index in [4.69, 9.17) is 4.98 Å². The van der Waals surface area contributed by atoms with Crippen LogP contribution in [0.1, 0.15) is 25.1 Å². The number of benzene rings is 1. The van der Waals surface area contributed by atoms with Gasteiger partial charge in [-0.15, -0.1) is 0 Å². The zero-order chi connectivity index (χ0) is 15.8. The molecular weight excluding hydrogens is 280 g/mol. The molecule has 1 aliphatic carbocycles. The van der Waals surface area contributed by atoms with Crippen molar-refractivity contribution in [2.45, 2.75) is 19.3 Å². The second-order valence-electron chi connectivity index (χ2n) is 6.20. The molecule has 2 nitrogen and oxygen atoms in total. The van der Waals surface area contributed by atoms with E-state index in [0.717, 1.165) is 29.0 Å². The Balaban J connectivity index is 2.01. The molecule has 114 valence electrons. The summed E-state index contributed by atoms with van der Waals surface area (Å²) in [5.74, 6) is 1.79. The third-order valence-electron chi connectivity index (χ3n) is 4.71. The first kappa shape index (κ1) is 14.0. The highest BCUT2D eigenvalue weighted by Crippen LogP contribution is 2.38. The second-order valence-corrected chi connectivity index (χ2v) is 6.20. The number of allylic oxidation sites excluding steroid dienone is 9. The van der Waals surface area contributed by atoms with Gasteiger partial charge in [0.15, 0.2) is 0 Å². The van der Waals surface area contributed by atoms with Crippen molar-refractivity contribution >= 4 is 16.7 Å². The third-order valence-corrected chi connectivity index (χ3v) is 4.71. The van der Waals surface area contributed by atoms with Gasteiger partial charge in [-0.05, 0) is 30.5 Å². The van der Waals surface area contributed by atoms with Crippen molar-refractivity contribution in [2.75, 3.05) is 0 Å². The lowest BCUT2D eigenvalue weighted by Crippen LogP contribution is -2.15. The molecule has 0 radical (unpaired) electrons. The molecule has 0 amide bonds. The van der Waals surface area contributed by atoms with Gasteiger partial charge in [-0.2, -0.15) is 0 Å². The first-order chi connectivity index (χ1) is 11.3. The van der Waals surface area contributed by atoms with Gasteiger partial charge in [0.25, 0.3) is 0 Å². The Hall–Kier alpha value is -2.61. The van der Waals surface area contributed by atoms with Crippen LogP contribution in [-0.2, 0) is 0 Å². The van der Waals surface area contributed by atoms with Crippen LogP contribution in [0, 0.1) is 5.92 Å². The van der Waals surface area contributed by atoms with Crippen molar-refractivity contribution in [2.24, 2.45) is 5.92 Å². The van der Waals surface area contributed by atoms with E-state index in [1.807, 2.05) is 6.07 Å². The molecule has 2 unspecified atom stereocenters. The van der Waals surface area contributed by atoms with Crippen molar-refractivity contribution in [3.05, 3.63) is 84.8 Å². The minimum Gasteiger partial charge on any atom is -0.296 e. The Bertz CT molecular complexity index is 890. The van der Waals surface area contributed by atoms with Gasteiger partial charge in [-0.1, -0.05) is 67.7 Å². The number of hydrogen-bond acceptors (Lipinski definition) is 1. The molecule has 0 spiro atoms. The van der Waals surface area contributed by atoms with Crippen molar-refractivity contribution < 1.29 is 0 Å². The van der Waals surface area contributed by atoms with Crippen molar-refractivity contribution in [1.29, 1.82) is 0 Å². The largest absolute Gasteiger partial charge is 0.296 e. The molecule has 1 aliphatic heterocycles. The summed E-state index contributed by atoms with van der Waals surface area (Å²) in [6.07, 6.45) is 16.1. The average Bonchev–Trinajstić information content (AvgIpc) is 2.97. The molecule has 2 aliphatic rings. The fourth-order valence-electron chi connectivity index (χ4n) is 3.53. The zero-order valence-corrected chi connectivity index (χ0v) is 13.3. The minimum absolute atomic E-state index is 0.301. The van der Waals surface area contributed by atoms with E-state index >= 15 is 0 Å². The van der Waals surface area contributed by atoms with Crippen LogP contribution in [0.25, 0.3) is 16.7 Å². The highest BCUT2D eigenvalue weighted by atomic mass is 15.1. The quantitative estimate of drug-likeness (QED) is 0.650. The maximum absolute atomic E-state index is 4.97. The van der Waals surface area contributed by atoms with Crippen molar-refractivity contribution in [1.82, 2.24) is 9.55 Å². The van der Waals surface area contributed by atoms with Crippen LogP contribution >= 0.6 is 0 Å². The van der Waals surface area contributed by atoms with Gasteiger partial charge in [0, 0.05) is 11.6 Å². The average molecular weight is 300 g/mol. The Morgan fingerprint density at radius 1 is 1.17 bits per heavy atom. The van der Waals surface area contributed by atoms with Gasteiger partial charge in [-0.3, -0.25) is 4.57 Å². The van der Waals surface area contributed by atoms with Crippen molar-refractivity contribution in [3.63, 3.8) is 0 Å². The van der Waals surface area contributed by atoms with Crippen LogP contribution in [0.3, 0.4) is 0 Å². The maximum Gasteiger partial charge on any atom is 0.122 e. The van der Waals surface area contributed by atoms with Crippen LogP contribution in [-0.4, -0.2) is 9.55 Å². The number of para-hydroxylation sites is 2. The molecule has 0 fully saturated rings. The lowest BCUT2D eigenvalue weighted by molar-refractivity contribution is 0.651. The molecule has 0 bridgehead atoms. The van der Waals surface area contributed by atoms with Crippen LogP contribution in [0.4, 0.5) is 0 Å². The van der Waals surface area contributed by atoms with E-state index < -0.39 is 0 Å². The molecule has 0 saturated heterocycles. The van der Waals surface area contributed by atoms with Gasteiger partial charge in [0.1, 0.15) is 5.82 Å². The molecule has 1 aromatic heterocycles. The third kappa shape index (κ3) is 2.31. The van der Waals surface area contributed by atoms with Crippen molar-refractivity contribution in [3.8, 4) is 0 Å². The Kier molecular flexibility index (Phi) is 3.38. The molecule has 4 rings (SSSR count). The van der Waals surface area contributed by atoms with Gasteiger partial charge in [0.05, 0.1) is 11.0 Å². The van der Waals surface area contributed by atoms with Crippen LogP contribution < -0.4 is 0 Å². The van der Waals surface area contributed by atoms with Crippen LogP contribution in [0.2, 0.25) is 0 Å². The monoisotopic (exact) mass is 300 g/mol. The van der Waals surface area contributed by atoms with E-state index in [0.29, 0.717) is 11.8 Å². The summed E-state index contributed by atoms with van der Waals surface area (Å²) in [5, 5.41) is 0. The van der Waals surface area contributed by atoms with E-state index in [9.17, 15) is 0 Å². The highest BCUT2D eigenvalue weighted by molar-refractivity contribution is 5.81. The molecule has 23 heavy (non-hydrogen) atoms. The standard InChI is InChI=1S/C21H20N2/c1-15-9-3-4-10-16(2)23-20-14-8-7-13-19(20)22-21(23)18-12-6-5-11-17(15)18/h3-11,13-15,18H,2,12H2,1H3/b9-3-,10-4-. The number of nitrogens with zero attached hydrogens (tertiary/aromatic N) is 2. The Morgan fingerprint density at radius 3 is 2.96 bits per heavy atom. The summed E-state index contributed by atoms with van der Waals surface area (Å²) in [6, 6.07) is 8.31. The molecule has 1 aromatic carbocycles.